The summed E-state index contributed by atoms with van der Waals surface area (Å²) >= 11 is 0. The molecule has 6 heteroatoms. The first-order valence-corrected chi connectivity index (χ1v) is 8.08. The number of hydrogen-bond donors (Lipinski definition) is 2. The average Bonchev–Trinajstić information content (AvgIpc) is 2.37. The summed E-state index contributed by atoms with van der Waals surface area (Å²) in [6, 6.07) is 10.2. The zero-order chi connectivity index (χ0) is 15.4. The van der Waals surface area contributed by atoms with Gasteiger partial charge in [0.2, 0.25) is 0 Å². The van der Waals surface area contributed by atoms with Crippen LogP contribution in [0.4, 0.5) is 0 Å². The molecule has 0 radical (unpaired) electrons. The Bertz CT molecular complexity index is 512. The predicted molar refractivity (Wildman–Crippen MR) is 82.7 cm³/mol. The van der Waals surface area contributed by atoms with E-state index in [0.29, 0.717) is 6.54 Å². The molecular formula is C14H25N3O2S. The molecule has 0 fully saturated rings. The maximum Gasteiger partial charge on any atom is 0.278 e. The SMILES string of the molecule is C[C@H](NC(C)(C)CNS(=O)(=O)N(C)C)c1ccccc1. The molecule has 20 heavy (non-hydrogen) atoms. The fourth-order valence-corrected chi connectivity index (χ4v) is 2.66. The Morgan fingerprint density at radius 2 is 1.75 bits per heavy atom. The highest BCUT2D eigenvalue weighted by atomic mass is 32.2. The maximum atomic E-state index is 11.7. The second-order valence-corrected chi connectivity index (χ2v) is 7.74. The van der Waals surface area contributed by atoms with Crippen molar-refractivity contribution in [1.29, 1.82) is 0 Å². The van der Waals surface area contributed by atoms with Gasteiger partial charge in [0, 0.05) is 32.2 Å². The van der Waals surface area contributed by atoms with E-state index >= 15 is 0 Å². The van der Waals surface area contributed by atoms with Crippen LogP contribution in [0.1, 0.15) is 32.4 Å². The van der Waals surface area contributed by atoms with Crippen LogP contribution in [0.2, 0.25) is 0 Å². The molecule has 0 unspecified atom stereocenters. The summed E-state index contributed by atoms with van der Waals surface area (Å²) in [6.45, 7) is 6.34. The van der Waals surface area contributed by atoms with Gasteiger partial charge in [0.15, 0.2) is 0 Å². The van der Waals surface area contributed by atoms with Crippen molar-refractivity contribution in [3.63, 3.8) is 0 Å². The van der Waals surface area contributed by atoms with Crippen LogP contribution in [0.5, 0.6) is 0 Å². The van der Waals surface area contributed by atoms with E-state index in [1.165, 1.54) is 24.0 Å². The second kappa shape index (κ2) is 6.67. The molecule has 1 aromatic rings. The van der Waals surface area contributed by atoms with Crippen LogP contribution >= 0.6 is 0 Å². The largest absolute Gasteiger partial charge is 0.304 e. The van der Waals surface area contributed by atoms with Gasteiger partial charge in [-0.25, -0.2) is 4.72 Å². The molecule has 5 nitrogen and oxygen atoms in total. The zero-order valence-electron chi connectivity index (χ0n) is 12.8. The van der Waals surface area contributed by atoms with Gasteiger partial charge in [-0.1, -0.05) is 30.3 Å². The van der Waals surface area contributed by atoms with Crippen molar-refractivity contribution < 1.29 is 8.42 Å². The summed E-state index contributed by atoms with van der Waals surface area (Å²) in [5, 5.41) is 3.44. The Balaban J connectivity index is 2.62. The van der Waals surface area contributed by atoms with Crippen LogP contribution in [0.15, 0.2) is 30.3 Å². The van der Waals surface area contributed by atoms with Crippen LogP contribution in [-0.2, 0) is 10.2 Å². The molecule has 0 heterocycles. The monoisotopic (exact) mass is 299 g/mol. The minimum Gasteiger partial charge on any atom is -0.304 e. The third-order valence-corrected chi connectivity index (χ3v) is 4.55. The number of rotatable bonds is 7. The molecule has 0 aliphatic carbocycles. The highest BCUT2D eigenvalue weighted by Crippen LogP contribution is 2.15. The van der Waals surface area contributed by atoms with Crippen molar-refractivity contribution in [2.75, 3.05) is 20.6 Å². The van der Waals surface area contributed by atoms with Gasteiger partial charge in [0.05, 0.1) is 0 Å². The molecule has 1 rings (SSSR count). The zero-order valence-corrected chi connectivity index (χ0v) is 13.7. The van der Waals surface area contributed by atoms with Gasteiger partial charge in [-0.15, -0.1) is 0 Å². The lowest BCUT2D eigenvalue weighted by Crippen LogP contribution is -2.51. The minimum atomic E-state index is -3.39. The standard InChI is InChI=1S/C14H25N3O2S/c1-12(13-9-7-6-8-10-13)16-14(2,3)11-15-20(18,19)17(4)5/h6-10,12,15-16H,11H2,1-5H3/t12-/m0/s1. The molecule has 0 aromatic heterocycles. The van der Waals surface area contributed by atoms with Gasteiger partial charge < -0.3 is 5.32 Å². The Kier molecular flexibility index (Phi) is 5.70. The molecule has 114 valence electrons. The van der Waals surface area contributed by atoms with Gasteiger partial charge in [-0.05, 0) is 26.3 Å². The number of nitrogens with zero attached hydrogens (tertiary/aromatic N) is 1. The predicted octanol–water partition coefficient (Wildman–Crippen LogP) is 1.51. The fraction of sp³-hybridized carbons (Fsp3) is 0.571. The summed E-state index contributed by atoms with van der Waals surface area (Å²) < 4.78 is 27.2. The van der Waals surface area contributed by atoms with Crippen LogP contribution in [-0.4, -0.2) is 38.9 Å². The van der Waals surface area contributed by atoms with E-state index in [0.717, 1.165) is 0 Å². The summed E-state index contributed by atoms with van der Waals surface area (Å²) in [6.07, 6.45) is 0. The molecule has 0 amide bonds. The molecule has 2 N–H and O–H groups in total. The summed E-state index contributed by atoms with van der Waals surface area (Å²) in [4.78, 5) is 0. The average molecular weight is 299 g/mol. The summed E-state index contributed by atoms with van der Waals surface area (Å²) in [5.74, 6) is 0. The van der Waals surface area contributed by atoms with Crippen molar-refractivity contribution in [3.8, 4) is 0 Å². The lowest BCUT2D eigenvalue weighted by molar-refractivity contribution is 0.343. The van der Waals surface area contributed by atoms with Crippen molar-refractivity contribution in [3.05, 3.63) is 35.9 Å². The Hall–Kier alpha value is -0.950. The number of hydrogen-bond acceptors (Lipinski definition) is 3. The van der Waals surface area contributed by atoms with E-state index in [4.69, 9.17) is 0 Å². The summed E-state index contributed by atoms with van der Waals surface area (Å²) in [5.41, 5.74) is 0.828. The molecule has 0 spiro atoms. The van der Waals surface area contributed by atoms with Gasteiger partial charge in [0.1, 0.15) is 0 Å². The Morgan fingerprint density at radius 1 is 1.20 bits per heavy atom. The third-order valence-electron chi connectivity index (χ3n) is 3.08. The highest BCUT2D eigenvalue weighted by Gasteiger charge is 2.24. The Labute approximate surface area is 122 Å². The maximum absolute atomic E-state index is 11.7. The first kappa shape index (κ1) is 17.1. The van der Waals surface area contributed by atoms with Gasteiger partial charge in [-0.2, -0.15) is 12.7 Å². The molecule has 0 bridgehead atoms. The smallest absolute Gasteiger partial charge is 0.278 e. The molecule has 1 atom stereocenters. The van der Waals surface area contributed by atoms with Crippen LogP contribution in [0, 0.1) is 0 Å². The van der Waals surface area contributed by atoms with Crippen molar-refractivity contribution in [1.82, 2.24) is 14.3 Å². The molecule has 0 saturated heterocycles. The fourth-order valence-electron chi connectivity index (χ4n) is 1.86. The van der Waals surface area contributed by atoms with Crippen molar-refractivity contribution in [2.45, 2.75) is 32.4 Å². The van der Waals surface area contributed by atoms with Gasteiger partial charge >= 0.3 is 0 Å². The van der Waals surface area contributed by atoms with Gasteiger partial charge in [0.25, 0.3) is 10.2 Å². The van der Waals surface area contributed by atoms with E-state index in [1.54, 1.807) is 0 Å². The quantitative estimate of drug-likeness (QED) is 0.802. The lowest BCUT2D eigenvalue weighted by Gasteiger charge is -2.31. The Morgan fingerprint density at radius 3 is 2.25 bits per heavy atom. The van der Waals surface area contributed by atoms with Crippen molar-refractivity contribution in [2.24, 2.45) is 0 Å². The molecule has 0 aliphatic rings. The number of benzene rings is 1. The first-order valence-electron chi connectivity index (χ1n) is 6.64. The van der Waals surface area contributed by atoms with Crippen molar-refractivity contribution >= 4 is 10.2 Å². The van der Waals surface area contributed by atoms with Gasteiger partial charge in [-0.3, -0.25) is 0 Å². The van der Waals surface area contributed by atoms with E-state index in [9.17, 15) is 8.42 Å². The van der Waals surface area contributed by atoms with E-state index < -0.39 is 10.2 Å². The molecule has 0 aliphatic heterocycles. The van der Waals surface area contributed by atoms with E-state index in [1.807, 2.05) is 32.0 Å². The summed E-state index contributed by atoms with van der Waals surface area (Å²) in [7, 11) is -0.370. The first-order chi connectivity index (χ1) is 9.14. The van der Waals surface area contributed by atoms with Crippen LogP contribution < -0.4 is 10.0 Å². The second-order valence-electron chi connectivity index (χ2n) is 5.77. The molecule has 0 saturated carbocycles. The number of nitrogens with one attached hydrogen (secondary N) is 2. The van der Waals surface area contributed by atoms with Crippen LogP contribution in [0.3, 0.4) is 0 Å². The normalized spacial score (nSPS) is 14.5. The lowest BCUT2D eigenvalue weighted by atomic mass is 10.0. The minimum absolute atomic E-state index is 0.148. The molecule has 1 aromatic carbocycles. The topological polar surface area (TPSA) is 61.4 Å². The van der Waals surface area contributed by atoms with E-state index in [-0.39, 0.29) is 11.6 Å². The third kappa shape index (κ3) is 5.20. The molecular weight excluding hydrogens is 274 g/mol. The van der Waals surface area contributed by atoms with Crippen LogP contribution in [0.25, 0.3) is 0 Å². The van der Waals surface area contributed by atoms with E-state index in [2.05, 4.69) is 29.1 Å². The highest BCUT2D eigenvalue weighted by molar-refractivity contribution is 7.87.